The van der Waals surface area contributed by atoms with E-state index in [1.165, 1.54) is 0 Å². The number of rotatable bonds is 2. The van der Waals surface area contributed by atoms with Crippen LogP contribution in [0.3, 0.4) is 0 Å². The summed E-state index contributed by atoms with van der Waals surface area (Å²) >= 11 is 5.60. The second-order valence-electron chi connectivity index (χ2n) is 3.71. The van der Waals surface area contributed by atoms with Crippen LogP contribution in [0.2, 0.25) is 0 Å². The molecule has 0 radical (unpaired) electrons. The third-order valence-electron chi connectivity index (χ3n) is 2.61. The van der Waals surface area contributed by atoms with Gasteiger partial charge in [-0.3, -0.25) is 0 Å². The van der Waals surface area contributed by atoms with Gasteiger partial charge in [0.1, 0.15) is 5.38 Å². The molecular formula is C9H12ClF3N2. The molecule has 1 saturated heterocycles. The van der Waals surface area contributed by atoms with E-state index in [-0.39, 0.29) is 12.8 Å². The second-order valence-corrected chi connectivity index (χ2v) is 4.24. The summed E-state index contributed by atoms with van der Waals surface area (Å²) in [5.41, 5.74) is 0. The molecule has 1 rings (SSSR count). The van der Waals surface area contributed by atoms with E-state index in [4.69, 9.17) is 16.9 Å². The maximum Gasteiger partial charge on any atom is 0.391 e. The number of likely N-dealkylation sites (tertiary alicyclic amines) is 1. The molecule has 15 heavy (non-hydrogen) atoms. The van der Waals surface area contributed by atoms with Gasteiger partial charge in [0.05, 0.1) is 12.0 Å². The molecule has 6 heteroatoms. The van der Waals surface area contributed by atoms with Gasteiger partial charge in [-0.15, -0.1) is 11.6 Å². The number of hydrogen-bond acceptors (Lipinski definition) is 2. The van der Waals surface area contributed by atoms with Gasteiger partial charge >= 0.3 is 6.18 Å². The molecule has 0 N–H and O–H groups in total. The van der Waals surface area contributed by atoms with Crippen LogP contribution in [0, 0.1) is 17.2 Å². The molecule has 1 heterocycles. The maximum atomic E-state index is 12.3. The quantitative estimate of drug-likeness (QED) is 0.693. The number of hydrogen-bond donors (Lipinski definition) is 0. The van der Waals surface area contributed by atoms with Gasteiger partial charge in [0.25, 0.3) is 0 Å². The Balaban J connectivity index is 2.34. The molecule has 0 aromatic carbocycles. The van der Waals surface area contributed by atoms with Crippen LogP contribution in [0.5, 0.6) is 0 Å². The predicted octanol–water partition coefficient (Wildman–Crippen LogP) is 2.39. The molecule has 0 amide bonds. The average Bonchev–Trinajstić information content (AvgIpc) is 2.17. The van der Waals surface area contributed by atoms with Gasteiger partial charge in [-0.05, 0) is 25.9 Å². The molecule has 1 atom stereocenters. The molecule has 1 aliphatic heterocycles. The molecular weight excluding hydrogens is 229 g/mol. The Morgan fingerprint density at radius 3 is 2.33 bits per heavy atom. The highest BCUT2D eigenvalue weighted by Gasteiger charge is 2.41. The van der Waals surface area contributed by atoms with Crippen molar-refractivity contribution >= 4 is 11.6 Å². The summed E-state index contributed by atoms with van der Waals surface area (Å²) in [5.74, 6) is -1.19. The first-order valence-electron chi connectivity index (χ1n) is 4.76. The van der Waals surface area contributed by atoms with Gasteiger partial charge in [0, 0.05) is 6.54 Å². The minimum atomic E-state index is -4.08. The molecule has 1 aliphatic rings. The highest BCUT2D eigenvalue weighted by molar-refractivity contribution is 6.22. The van der Waals surface area contributed by atoms with Crippen molar-refractivity contribution in [2.75, 3.05) is 19.6 Å². The van der Waals surface area contributed by atoms with Crippen LogP contribution in [0.4, 0.5) is 13.2 Å². The Hall–Kier alpha value is -0.470. The normalized spacial score (nSPS) is 22.3. The first kappa shape index (κ1) is 12.6. The Labute approximate surface area is 91.6 Å². The lowest BCUT2D eigenvalue weighted by Crippen LogP contribution is -2.41. The van der Waals surface area contributed by atoms with Crippen LogP contribution in [0.25, 0.3) is 0 Å². The molecule has 0 aromatic rings. The lowest BCUT2D eigenvalue weighted by molar-refractivity contribution is -0.184. The summed E-state index contributed by atoms with van der Waals surface area (Å²) < 4.78 is 36.9. The largest absolute Gasteiger partial charge is 0.391 e. The minimum Gasteiger partial charge on any atom is -0.301 e. The van der Waals surface area contributed by atoms with Gasteiger partial charge in [-0.2, -0.15) is 18.4 Å². The van der Waals surface area contributed by atoms with Crippen LogP contribution in [-0.4, -0.2) is 36.1 Å². The van der Waals surface area contributed by atoms with Crippen molar-refractivity contribution in [3.05, 3.63) is 0 Å². The van der Waals surface area contributed by atoms with Crippen LogP contribution in [-0.2, 0) is 0 Å². The molecule has 2 nitrogen and oxygen atoms in total. The highest BCUT2D eigenvalue weighted by Crippen LogP contribution is 2.34. The highest BCUT2D eigenvalue weighted by atomic mass is 35.5. The van der Waals surface area contributed by atoms with Crippen molar-refractivity contribution in [3.8, 4) is 6.07 Å². The Bertz CT molecular complexity index is 241. The standard InChI is InChI=1S/C9H12ClF3N2/c10-8(5-14)6-15-3-1-7(2-4-15)9(11,12)13/h7-8H,1-4,6H2. The van der Waals surface area contributed by atoms with E-state index in [1.54, 1.807) is 0 Å². The lowest BCUT2D eigenvalue weighted by atomic mass is 9.96. The monoisotopic (exact) mass is 240 g/mol. The zero-order valence-electron chi connectivity index (χ0n) is 8.10. The molecule has 0 aromatic heterocycles. The number of nitriles is 1. The number of piperidine rings is 1. The van der Waals surface area contributed by atoms with Crippen molar-refractivity contribution in [3.63, 3.8) is 0 Å². The summed E-state index contributed by atoms with van der Waals surface area (Å²) in [5, 5.41) is 7.83. The fraction of sp³-hybridized carbons (Fsp3) is 0.889. The zero-order chi connectivity index (χ0) is 11.5. The van der Waals surface area contributed by atoms with E-state index in [9.17, 15) is 13.2 Å². The zero-order valence-corrected chi connectivity index (χ0v) is 8.85. The van der Waals surface area contributed by atoms with Crippen LogP contribution in [0.1, 0.15) is 12.8 Å². The van der Waals surface area contributed by atoms with Crippen LogP contribution >= 0.6 is 11.6 Å². The van der Waals surface area contributed by atoms with Gasteiger partial charge in [0.2, 0.25) is 0 Å². The molecule has 86 valence electrons. The number of alkyl halides is 4. The lowest BCUT2D eigenvalue weighted by Gasteiger charge is -2.32. The molecule has 0 saturated carbocycles. The smallest absolute Gasteiger partial charge is 0.301 e. The Kier molecular flexibility index (Phi) is 4.23. The summed E-state index contributed by atoms with van der Waals surface area (Å²) in [6, 6.07) is 1.86. The van der Waals surface area contributed by atoms with Gasteiger partial charge < -0.3 is 4.90 Å². The Morgan fingerprint density at radius 1 is 1.40 bits per heavy atom. The summed E-state index contributed by atoms with van der Waals surface area (Å²) in [6.07, 6.45) is -3.86. The van der Waals surface area contributed by atoms with E-state index in [0.29, 0.717) is 19.6 Å². The van der Waals surface area contributed by atoms with Crippen molar-refractivity contribution in [1.29, 1.82) is 5.26 Å². The van der Waals surface area contributed by atoms with Crippen LogP contribution < -0.4 is 0 Å². The van der Waals surface area contributed by atoms with Crippen molar-refractivity contribution in [1.82, 2.24) is 4.90 Å². The number of halogens is 4. The van der Waals surface area contributed by atoms with E-state index >= 15 is 0 Å². The fourth-order valence-corrected chi connectivity index (χ4v) is 1.91. The third kappa shape index (κ3) is 3.88. The number of nitrogens with zero attached hydrogens (tertiary/aromatic N) is 2. The van der Waals surface area contributed by atoms with Crippen molar-refractivity contribution < 1.29 is 13.2 Å². The molecule has 1 fully saturated rings. The maximum absolute atomic E-state index is 12.3. The van der Waals surface area contributed by atoms with E-state index in [0.717, 1.165) is 0 Å². The summed E-state index contributed by atoms with van der Waals surface area (Å²) in [4.78, 5) is 1.81. The van der Waals surface area contributed by atoms with Crippen molar-refractivity contribution in [2.45, 2.75) is 24.4 Å². The Morgan fingerprint density at radius 2 is 1.93 bits per heavy atom. The molecule has 0 aliphatic carbocycles. The fourth-order valence-electron chi connectivity index (χ4n) is 1.71. The van der Waals surface area contributed by atoms with Gasteiger partial charge in [-0.25, -0.2) is 0 Å². The van der Waals surface area contributed by atoms with Crippen molar-refractivity contribution in [2.24, 2.45) is 5.92 Å². The predicted molar refractivity (Wildman–Crippen MR) is 50.5 cm³/mol. The van der Waals surface area contributed by atoms with Crippen LogP contribution in [0.15, 0.2) is 0 Å². The second kappa shape index (κ2) is 5.04. The first-order chi connectivity index (χ1) is 6.93. The van der Waals surface area contributed by atoms with E-state index in [2.05, 4.69) is 0 Å². The molecule has 1 unspecified atom stereocenters. The van der Waals surface area contributed by atoms with Gasteiger partial charge in [0.15, 0.2) is 0 Å². The SMILES string of the molecule is N#CC(Cl)CN1CCC(C(F)(F)F)CC1. The average molecular weight is 241 g/mol. The van der Waals surface area contributed by atoms with Gasteiger partial charge in [-0.1, -0.05) is 0 Å². The third-order valence-corrected chi connectivity index (χ3v) is 2.84. The topological polar surface area (TPSA) is 27.0 Å². The molecule has 0 bridgehead atoms. The van der Waals surface area contributed by atoms with E-state index in [1.807, 2.05) is 11.0 Å². The summed E-state index contributed by atoms with van der Waals surface area (Å²) in [7, 11) is 0. The first-order valence-corrected chi connectivity index (χ1v) is 5.20. The van der Waals surface area contributed by atoms with E-state index < -0.39 is 17.5 Å². The minimum absolute atomic E-state index is 0.110. The molecule has 0 spiro atoms. The summed E-state index contributed by atoms with van der Waals surface area (Å²) in [6.45, 7) is 1.09.